The number of thioether (sulfide) groups is 1. The van der Waals surface area contributed by atoms with Gasteiger partial charge in [-0.3, -0.25) is 0 Å². The van der Waals surface area contributed by atoms with E-state index < -0.39 is 5.97 Å². The summed E-state index contributed by atoms with van der Waals surface area (Å²) in [6.45, 7) is 2.60. The highest BCUT2D eigenvalue weighted by Crippen LogP contribution is 2.31. The van der Waals surface area contributed by atoms with E-state index in [1.54, 1.807) is 17.4 Å². The second-order valence-corrected chi connectivity index (χ2v) is 6.90. The average molecular weight is 361 g/mol. The standard InChI is InChI=1S/C17H15NO4S2/c1-2-21-12-5-3-11(4-6-12)14-10-24-17(18-14)23-9-13-7-8-15(22-13)16(19)20/h3-8,10H,2,9H2,1H3,(H,19,20). The molecule has 1 N–H and O–H groups in total. The molecule has 0 atom stereocenters. The lowest BCUT2D eigenvalue weighted by molar-refractivity contribution is 0.0661. The molecule has 0 saturated heterocycles. The van der Waals surface area contributed by atoms with Crippen molar-refractivity contribution in [3.63, 3.8) is 0 Å². The fourth-order valence-electron chi connectivity index (χ4n) is 2.05. The zero-order valence-corrected chi connectivity index (χ0v) is 14.5. The van der Waals surface area contributed by atoms with Crippen LogP contribution < -0.4 is 4.74 Å². The van der Waals surface area contributed by atoms with Gasteiger partial charge in [0.05, 0.1) is 18.1 Å². The molecule has 0 aliphatic carbocycles. The fourth-order valence-corrected chi connectivity index (χ4v) is 3.78. The van der Waals surface area contributed by atoms with Crippen molar-refractivity contribution in [2.75, 3.05) is 6.61 Å². The van der Waals surface area contributed by atoms with E-state index in [4.69, 9.17) is 14.3 Å². The minimum Gasteiger partial charge on any atom is -0.494 e. The van der Waals surface area contributed by atoms with Gasteiger partial charge in [-0.05, 0) is 43.3 Å². The van der Waals surface area contributed by atoms with Crippen LogP contribution in [0.5, 0.6) is 5.75 Å². The number of benzene rings is 1. The molecule has 2 heterocycles. The molecule has 0 aliphatic heterocycles. The van der Waals surface area contributed by atoms with Crippen LogP contribution >= 0.6 is 23.1 Å². The molecule has 1 aromatic carbocycles. The van der Waals surface area contributed by atoms with Crippen LogP contribution in [0.4, 0.5) is 0 Å². The summed E-state index contributed by atoms with van der Waals surface area (Å²) < 4.78 is 11.6. The number of carboxylic acid groups (broad SMARTS) is 1. The molecule has 0 fully saturated rings. The summed E-state index contributed by atoms with van der Waals surface area (Å²) in [5.74, 6) is 0.912. The molecule has 3 aromatic rings. The summed E-state index contributed by atoms with van der Waals surface area (Å²) in [6.07, 6.45) is 0. The molecule has 0 radical (unpaired) electrons. The molecule has 0 saturated carbocycles. The Hall–Kier alpha value is -2.25. The Bertz CT molecular complexity index is 823. The van der Waals surface area contributed by atoms with Crippen LogP contribution in [-0.2, 0) is 5.75 Å². The highest BCUT2D eigenvalue weighted by molar-refractivity contribution is 8.00. The van der Waals surface area contributed by atoms with E-state index in [9.17, 15) is 4.79 Å². The Balaban J connectivity index is 1.63. The lowest BCUT2D eigenvalue weighted by Gasteiger charge is -2.03. The maximum atomic E-state index is 10.8. The van der Waals surface area contributed by atoms with E-state index in [1.165, 1.54) is 17.8 Å². The van der Waals surface area contributed by atoms with Gasteiger partial charge in [-0.1, -0.05) is 11.8 Å². The molecular formula is C17H15NO4S2. The number of rotatable bonds is 7. The van der Waals surface area contributed by atoms with Gasteiger partial charge in [-0.2, -0.15) is 0 Å². The molecule has 24 heavy (non-hydrogen) atoms. The number of carbonyl (C=O) groups is 1. The minimum atomic E-state index is -1.06. The van der Waals surface area contributed by atoms with Gasteiger partial charge >= 0.3 is 5.97 Å². The van der Waals surface area contributed by atoms with Crippen molar-refractivity contribution in [3.05, 3.63) is 53.3 Å². The number of thiazole rings is 1. The van der Waals surface area contributed by atoms with Gasteiger partial charge in [0.1, 0.15) is 11.5 Å². The third-order valence-corrected chi connectivity index (χ3v) is 5.20. The van der Waals surface area contributed by atoms with E-state index in [-0.39, 0.29) is 5.76 Å². The van der Waals surface area contributed by atoms with Gasteiger partial charge in [0.15, 0.2) is 4.34 Å². The number of carboxylic acids is 1. The summed E-state index contributed by atoms with van der Waals surface area (Å²) in [5.41, 5.74) is 1.95. The molecule has 0 unspecified atom stereocenters. The molecule has 0 aliphatic rings. The summed E-state index contributed by atoms with van der Waals surface area (Å²) >= 11 is 3.08. The zero-order valence-electron chi connectivity index (χ0n) is 12.9. The third kappa shape index (κ3) is 3.98. The van der Waals surface area contributed by atoms with Crippen LogP contribution in [0.15, 0.2) is 50.5 Å². The van der Waals surface area contributed by atoms with Crippen molar-refractivity contribution < 1.29 is 19.1 Å². The molecule has 0 spiro atoms. The molecule has 5 nitrogen and oxygen atoms in total. The first-order chi connectivity index (χ1) is 11.7. The molecule has 124 valence electrons. The molecular weight excluding hydrogens is 346 g/mol. The second-order valence-electron chi connectivity index (χ2n) is 4.82. The van der Waals surface area contributed by atoms with Gasteiger partial charge in [0.2, 0.25) is 5.76 Å². The van der Waals surface area contributed by atoms with Crippen molar-refractivity contribution in [1.29, 1.82) is 0 Å². The highest BCUT2D eigenvalue weighted by Gasteiger charge is 2.11. The van der Waals surface area contributed by atoms with E-state index >= 15 is 0 Å². The number of furan rings is 1. The predicted molar refractivity (Wildman–Crippen MR) is 93.9 cm³/mol. The molecule has 0 amide bonds. The largest absolute Gasteiger partial charge is 0.494 e. The van der Waals surface area contributed by atoms with Crippen LogP contribution in [0.3, 0.4) is 0 Å². The van der Waals surface area contributed by atoms with Gasteiger partial charge in [0, 0.05) is 10.9 Å². The number of aromatic nitrogens is 1. The number of aromatic carboxylic acids is 1. The van der Waals surface area contributed by atoms with Crippen LogP contribution in [0.25, 0.3) is 11.3 Å². The Morgan fingerprint density at radius 2 is 2.08 bits per heavy atom. The Labute approximate surface area is 147 Å². The second kappa shape index (κ2) is 7.55. The topological polar surface area (TPSA) is 72.6 Å². The van der Waals surface area contributed by atoms with Crippen molar-refractivity contribution in [2.24, 2.45) is 0 Å². The Kier molecular flexibility index (Phi) is 5.22. The number of hydrogen-bond donors (Lipinski definition) is 1. The monoisotopic (exact) mass is 361 g/mol. The smallest absolute Gasteiger partial charge is 0.371 e. The number of nitrogens with zero attached hydrogens (tertiary/aromatic N) is 1. The van der Waals surface area contributed by atoms with Crippen LogP contribution in [0, 0.1) is 0 Å². The summed E-state index contributed by atoms with van der Waals surface area (Å²) in [6, 6.07) is 11.0. The lowest BCUT2D eigenvalue weighted by atomic mass is 10.2. The number of hydrogen-bond acceptors (Lipinski definition) is 6. The predicted octanol–water partition coefficient (Wildman–Crippen LogP) is 4.79. The van der Waals surface area contributed by atoms with E-state index in [0.717, 1.165) is 21.3 Å². The van der Waals surface area contributed by atoms with Gasteiger partial charge < -0.3 is 14.3 Å². The maximum Gasteiger partial charge on any atom is 0.371 e. The maximum absolute atomic E-state index is 10.8. The Morgan fingerprint density at radius 3 is 2.75 bits per heavy atom. The van der Waals surface area contributed by atoms with Crippen LogP contribution in [0.2, 0.25) is 0 Å². The van der Waals surface area contributed by atoms with Gasteiger partial charge in [-0.15, -0.1) is 11.3 Å². The van der Waals surface area contributed by atoms with Crippen molar-refractivity contribution in [3.8, 4) is 17.0 Å². The van der Waals surface area contributed by atoms with Crippen LogP contribution in [0.1, 0.15) is 23.2 Å². The summed E-state index contributed by atoms with van der Waals surface area (Å²) in [7, 11) is 0. The Morgan fingerprint density at radius 1 is 1.29 bits per heavy atom. The van der Waals surface area contributed by atoms with Crippen molar-refractivity contribution in [1.82, 2.24) is 4.98 Å². The SMILES string of the molecule is CCOc1ccc(-c2csc(SCc3ccc(C(=O)O)o3)n2)cc1. The summed E-state index contributed by atoms with van der Waals surface area (Å²) in [5, 5.41) is 10.8. The molecule has 3 rings (SSSR count). The van der Waals surface area contributed by atoms with Gasteiger partial charge in [0.25, 0.3) is 0 Å². The first-order valence-corrected chi connectivity index (χ1v) is 9.16. The average Bonchev–Trinajstić information content (AvgIpc) is 3.23. The lowest BCUT2D eigenvalue weighted by Crippen LogP contribution is -1.91. The fraction of sp³-hybridized carbons (Fsp3) is 0.176. The molecule has 0 bridgehead atoms. The molecule has 7 heteroatoms. The molecule has 2 aromatic heterocycles. The quantitative estimate of drug-likeness (QED) is 0.610. The summed E-state index contributed by atoms with van der Waals surface area (Å²) in [4.78, 5) is 15.4. The third-order valence-electron chi connectivity index (χ3n) is 3.15. The zero-order chi connectivity index (χ0) is 16.9. The van der Waals surface area contributed by atoms with E-state index in [0.29, 0.717) is 18.1 Å². The van der Waals surface area contributed by atoms with Gasteiger partial charge in [-0.25, -0.2) is 9.78 Å². The first kappa shape index (κ1) is 16.6. The minimum absolute atomic E-state index is 0.0418. The first-order valence-electron chi connectivity index (χ1n) is 7.29. The van der Waals surface area contributed by atoms with Crippen molar-refractivity contribution >= 4 is 29.1 Å². The number of ether oxygens (including phenoxy) is 1. The normalized spacial score (nSPS) is 10.7. The van der Waals surface area contributed by atoms with E-state index in [2.05, 4.69) is 4.98 Å². The van der Waals surface area contributed by atoms with E-state index in [1.807, 2.05) is 36.6 Å². The van der Waals surface area contributed by atoms with Crippen LogP contribution in [-0.4, -0.2) is 22.7 Å². The van der Waals surface area contributed by atoms with Crippen molar-refractivity contribution in [2.45, 2.75) is 17.0 Å². The highest BCUT2D eigenvalue weighted by atomic mass is 32.2.